The van der Waals surface area contributed by atoms with E-state index in [0.29, 0.717) is 17.2 Å². The summed E-state index contributed by atoms with van der Waals surface area (Å²) in [5.74, 6) is -0.237. The quantitative estimate of drug-likeness (QED) is 0.0773. The number of aromatic nitrogens is 8. The summed E-state index contributed by atoms with van der Waals surface area (Å²) >= 11 is 0. The lowest BCUT2D eigenvalue weighted by molar-refractivity contribution is -0.152. The Balaban J connectivity index is 0.000000147. The second kappa shape index (κ2) is 21.7. The predicted molar refractivity (Wildman–Crippen MR) is 256 cm³/mol. The van der Waals surface area contributed by atoms with Crippen LogP contribution in [0.1, 0.15) is 102 Å². The Labute approximate surface area is 391 Å². The van der Waals surface area contributed by atoms with Crippen molar-refractivity contribution in [2.24, 2.45) is 0 Å². The lowest BCUT2D eigenvalue weighted by atomic mass is 9.89. The monoisotopic (exact) mass is 910 g/mol. The first-order valence-corrected chi connectivity index (χ1v) is 22.4. The highest BCUT2D eigenvalue weighted by Gasteiger charge is 2.37. The van der Waals surface area contributed by atoms with Gasteiger partial charge in [-0.25, -0.2) is 4.79 Å². The van der Waals surface area contributed by atoms with Gasteiger partial charge in [-0.1, -0.05) is 144 Å². The minimum atomic E-state index is -0.492. The lowest BCUT2D eigenvalue weighted by Crippen LogP contribution is -2.30. The van der Waals surface area contributed by atoms with Crippen molar-refractivity contribution in [3.8, 4) is 0 Å². The number of tetrazole rings is 2. The van der Waals surface area contributed by atoms with Crippen LogP contribution < -0.4 is 11.1 Å². The molecule has 6 aromatic carbocycles. The highest BCUT2D eigenvalue weighted by molar-refractivity contribution is 5.98. The van der Waals surface area contributed by atoms with E-state index in [1.54, 1.807) is 4.68 Å². The van der Waals surface area contributed by atoms with Crippen LogP contribution in [0, 0.1) is 0 Å². The molecule has 4 N–H and O–H groups in total. The molecule has 0 saturated carbocycles. The van der Waals surface area contributed by atoms with E-state index in [1.807, 2.05) is 104 Å². The third kappa shape index (κ3) is 10.8. The van der Waals surface area contributed by atoms with E-state index in [1.165, 1.54) is 18.1 Å². The van der Waals surface area contributed by atoms with Crippen LogP contribution in [-0.2, 0) is 36.7 Å². The van der Waals surface area contributed by atoms with Gasteiger partial charge in [0.2, 0.25) is 5.95 Å². The van der Waals surface area contributed by atoms with Crippen LogP contribution in [0.25, 0.3) is 21.5 Å². The van der Waals surface area contributed by atoms with Crippen molar-refractivity contribution in [3.05, 3.63) is 178 Å². The van der Waals surface area contributed by atoms with Crippen molar-refractivity contribution in [2.75, 3.05) is 11.1 Å². The molecule has 3 aliphatic rings. The summed E-state index contributed by atoms with van der Waals surface area (Å²) in [6.45, 7) is 3.28. The molecule has 3 heterocycles. The Bertz CT molecular complexity index is 3080. The number of hydrogen-bond donors (Lipinski definition) is 3. The minimum absolute atomic E-state index is 0.126. The van der Waals surface area contributed by atoms with Gasteiger partial charge >= 0.3 is 11.9 Å². The zero-order chi connectivity index (χ0) is 47.4. The smallest absolute Gasteiger partial charge is 0.338 e. The van der Waals surface area contributed by atoms with Crippen LogP contribution in [-0.4, -0.2) is 64.8 Å². The normalized spacial score (nSPS) is 16.6. The molecule has 16 heteroatoms. The van der Waals surface area contributed by atoms with Gasteiger partial charge in [-0.3, -0.25) is 14.4 Å². The molecule has 0 radical (unpaired) electrons. The predicted octanol–water partition coefficient (Wildman–Crippen LogP) is 8.76. The second-order valence-electron chi connectivity index (χ2n) is 16.5. The molecule has 1 aliphatic heterocycles. The number of aromatic amines is 1. The van der Waals surface area contributed by atoms with E-state index in [2.05, 4.69) is 77.9 Å². The van der Waals surface area contributed by atoms with Gasteiger partial charge < -0.3 is 20.5 Å². The number of aryl methyl sites for hydroxylation is 2. The van der Waals surface area contributed by atoms with Gasteiger partial charge in [0.15, 0.2) is 6.29 Å². The van der Waals surface area contributed by atoms with E-state index in [9.17, 15) is 19.2 Å². The SMILES string of the molecule is CC(=O)CC(=O)OC1CCCc2ccccc21.CC1=C(C(=O)OC2CCCc3ccccc32)C(c2cccc3ccccc23)n2nnnc2N1.Nc1nn[nH]n1.O=Cc1cccc2ccccc12. The standard InChI is InChI=1S/C26H23N5O2.C14H16O3.C11H8O.CH3N5/c1-16-23(25(32)33-22-15-7-11-18-9-3-5-13-20(18)22)24(31-26(27-16)28-29-30-31)21-14-6-10-17-8-2-4-12-19(17)21;1-10(15)9-14(16)17-13-8-4-6-11-5-2-3-7-12(11)13;12-8-10-6-3-5-9-4-1-2-7-11(9)10;2-1-3-5-6-4-1/h2-6,8-10,12-14,22,24H,7,11,15H2,1H3,(H,27,28,30);2-3,5,7,13H,4,6,8-9H2,1H3;1-8H;(H3,2,3,4,5,6). The number of hydrogen-bond acceptors (Lipinski definition) is 14. The van der Waals surface area contributed by atoms with Crippen LogP contribution in [0.4, 0.5) is 11.9 Å². The number of nitrogens with two attached hydrogens (primary N) is 1. The Morgan fingerprint density at radius 2 is 1.29 bits per heavy atom. The highest BCUT2D eigenvalue weighted by Crippen LogP contribution is 2.40. The average Bonchev–Trinajstić information content (AvgIpc) is 4.05. The molecule has 2 aliphatic carbocycles. The number of anilines is 2. The van der Waals surface area contributed by atoms with Crippen molar-refractivity contribution >= 4 is 57.4 Å². The molecule has 16 nitrogen and oxygen atoms in total. The molecule has 344 valence electrons. The van der Waals surface area contributed by atoms with Crippen LogP contribution in [0.5, 0.6) is 0 Å². The van der Waals surface area contributed by atoms with Gasteiger partial charge in [-0.05, 0) is 117 Å². The van der Waals surface area contributed by atoms with Crippen LogP contribution in [0.3, 0.4) is 0 Å². The second-order valence-corrected chi connectivity index (χ2v) is 16.5. The summed E-state index contributed by atoms with van der Waals surface area (Å²) in [7, 11) is 0. The van der Waals surface area contributed by atoms with Gasteiger partial charge in [0.05, 0.1) is 5.57 Å². The summed E-state index contributed by atoms with van der Waals surface area (Å²) < 4.78 is 13.2. The number of carbonyl (C=O) groups excluding carboxylic acids is 4. The van der Waals surface area contributed by atoms with Crippen molar-refractivity contribution < 1.29 is 28.7 Å². The largest absolute Gasteiger partial charge is 0.457 e. The topological polar surface area (TPSA) is 223 Å². The molecular formula is C52H50N10O6. The molecule has 2 aromatic heterocycles. The number of carbonyl (C=O) groups is 4. The molecule has 8 aromatic rings. The molecule has 3 unspecified atom stereocenters. The molecule has 0 fully saturated rings. The number of ether oxygens (including phenoxy) is 2. The van der Waals surface area contributed by atoms with E-state index in [4.69, 9.17) is 15.2 Å². The number of fused-ring (bicyclic) bond motifs is 5. The Morgan fingerprint density at radius 1 is 0.721 bits per heavy atom. The number of nitrogen functional groups attached to an aromatic ring is 1. The number of esters is 2. The summed E-state index contributed by atoms with van der Waals surface area (Å²) in [6, 6.07) is 43.6. The van der Waals surface area contributed by atoms with E-state index < -0.39 is 12.0 Å². The zero-order valence-corrected chi connectivity index (χ0v) is 37.6. The van der Waals surface area contributed by atoms with E-state index >= 15 is 0 Å². The molecule has 0 bridgehead atoms. The van der Waals surface area contributed by atoms with Crippen molar-refractivity contribution in [2.45, 2.75) is 77.0 Å². The van der Waals surface area contributed by atoms with Gasteiger partial charge in [-0.2, -0.15) is 9.90 Å². The number of Topliss-reactive ketones (excluding diaryl/α,β-unsaturated/α-hetero) is 1. The van der Waals surface area contributed by atoms with E-state index in [-0.39, 0.29) is 36.3 Å². The highest BCUT2D eigenvalue weighted by atomic mass is 16.5. The number of aldehydes is 1. The third-order valence-corrected chi connectivity index (χ3v) is 11.9. The van der Waals surface area contributed by atoms with Crippen molar-refractivity contribution in [1.82, 2.24) is 40.8 Å². The number of H-pyrrole nitrogens is 1. The Morgan fingerprint density at radius 3 is 1.91 bits per heavy atom. The van der Waals surface area contributed by atoms with Crippen molar-refractivity contribution in [1.29, 1.82) is 0 Å². The first-order chi connectivity index (χ1) is 33.2. The zero-order valence-electron chi connectivity index (χ0n) is 37.6. The molecule has 11 rings (SSSR count). The number of nitrogens with one attached hydrogen (secondary N) is 2. The Kier molecular flexibility index (Phi) is 14.7. The summed E-state index contributed by atoms with van der Waals surface area (Å²) in [5.41, 5.74) is 12.6. The van der Waals surface area contributed by atoms with Gasteiger partial charge in [0, 0.05) is 11.3 Å². The number of allylic oxidation sites excluding steroid dienone is 1. The van der Waals surface area contributed by atoms with Crippen LogP contribution >= 0.6 is 0 Å². The fourth-order valence-corrected chi connectivity index (χ4v) is 8.84. The summed E-state index contributed by atoms with van der Waals surface area (Å²) in [4.78, 5) is 46.7. The maximum Gasteiger partial charge on any atom is 0.338 e. The molecule has 0 saturated heterocycles. The van der Waals surface area contributed by atoms with Gasteiger partial charge in [0.1, 0.15) is 30.5 Å². The molecule has 3 atom stereocenters. The first kappa shape index (κ1) is 46.1. The van der Waals surface area contributed by atoms with Crippen LogP contribution in [0.15, 0.2) is 145 Å². The van der Waals surface area contributed by atoms with Crippen molar-refractivity contribution in [3.63, 3.8) is 0 Å². The van der Waals surface area contributed by atoms with Gasteiger partial charge in [-0.15, -0.1) is 5.10 Å². The maximum atomic E-state index is 13.7. The number of benzene rings is 6. The molecule has 68 heavy (non-hydrogen) atoms. The first-order valence-electron chi connectivity index (χ1n) is 22.4. The summed E-state index contributed by atoms with van der Waals surface area (Å²) in [5, 5.41) is 31.7. The molecular weight excluding hydrogens is 861 g/mol. The number of ketones is 1. The fraction of sp³-hybridized carbons (Fsp3) is 0.231. The lowest BCUT2D eigenvalue weighted by Gasteiger charge is -2.30. The number of rotatable bonds is 7. The van der Waals surface area contributed by atoms with Gasteiger partial charge in [0.25, 0.3) is 5.95 Å². The molecule has 0 amide bonds. The fourth-order valence-electron chi connectivity index (χ4n) is 8.84. The average molecular weight is 911 g/mol. The maximum absolute atomic E-state index is 13.7. The minimum Gasteiger partial charge on any atom is -0.457 e. The van der Waals surface area contributed by atoms with Crippen LogP contribution in [0.2, 0.25) is 0 Å². The van der Waals surface area contributed by atoms with E-state index in [0.717, 1.165) is 88.6 Å². The third-order valence-electron chi connectivity index (χ3n) is 11.9. The Hall–Kier alpha value is -8.40. The number of nitrogens with zero attached hydrogens (tertiary/aromatic N) is 7. The molecule has 0 spiro atoms. The summed E-state index contributed by atoms with van der Waals surface area (Å²) in [6.07, 6.45) is 6.07.